The minimum atomic E-state index is -0.386. The maximum atomic E-state index is 5.24. The zero-order chi connectivity index (χ0) is 22.4. The Hall–Kier alpha value is -4.18. The van der Waals surface area contributed by atoms with E-state index >= 15 is 0 Å². The Morgan fingerprint density at radius 1 is 0.515 bits per heavy atom. The first-order valence-electron chi connectivity index (χ1n) is 11.1. The Morgan fingerprint density at radius 2 is 1.03 bits per heavy atom. The van der Waals surface area contributed by atoms with E-state index in [1.165, 1.54) is 0 Å². The Bertz CT molecular complexity index is 1460. The number of hydrogen-bond acceptors (Lipinski definition) is 4. The van der Waals surface area contributed by atoms with E-state index in [4.69, 9.17) is 15.0 Å². The summed E-state index contributed by atoms with van der Waals surface area (Å²) >= 11 is 0. The second-order valence-corrected chi connectivity index (χ2v) is 8.80. The lowest BCUT2D eigenvalue weighted by Gasteiger charge is -2.20. The summed E-state index contributed by atoms with van der Waals surface area (Å²) in [4.78, 5) is 20.1. The Balaban J connectivity index is 1.60. The van der Waals surface area contributed by atoms with Gasteiger partial charge in [0.15, 0.2) is 5.82 Å². The van der Waals surface area contributed by atoms with E-state index in [9.17, 15) is 0 Å². The second-order valence-electron chi connectivity index (χ2n) is 8.80. The molecule has 158 valence electrons. The molecule has 0 atom stereocenters. The number of hydrogen-bond donors (Lipinski definition) is 0. The summed E-state index contributed by atoms with van der Waals surface area (Å²) in [5.74, 6) is 0.724. The van der Waals surface area contributed by atoms with E-state index in [0.717, 1.165) is 56.5 Å². The molecule has 1 aliphatic carbocycles. The third kappa shape index (κ3) is 3.14. The zero-order valence-electron chi connectivity index (χ0n) is 18.5. The molecule has 33 heavy (non-hydrogen) atoms. The van der Waals surface area contributed by atoms with Crippen molar-refractivity contribution in [1.82, 2.24) is 19.9 Å². The Morgan fingerprint density at radius 3 is 1.61 bits per heavy atom. The molecule has 1 aliphatic rings. The third-order valence-electron chi connectivity index (χ3n) is 6.25. The van der Waals surface area contributed by atoms with Gasteiger partial charge in [0.2, 0.25) is 0 Å². The van der Waals surface area contributed by atoms with Crippen LogP contribution >= 0.6 is 0 Å². The van der Waals surface area contributed by atoms with Gasteiger partial charge in [0.25, 0.3) is 0 Å². The fraction of sp³-hybridized carbons (Fsp3) is 0.103. The van der Waals surface area contributed by atoms with Crippen LogP contribution in [0.15, 0.2) is 97.2 Å². The average Bonchev–Trinajstić information content (AvgIpc) is 3.10. The van der Waals surface area contributed by atoms with Crippen LogP contribution in [0.25, 0.3) is 45.2 Å². The van der Waals surface area contributed by atoms with Crippen molar-refractivity contribution in [2.24, 2.45) is 0 Å². The minimum Gasteiger partial charge on any atom is -0.247 e. The molecule has 0 fully saturated rings. The van der Waals surface area contributed by atoms with E-state index in [-0.39, 0.29) is 5.41 Å². The number of rotatable bonds is 3. The van der Waals surface area contributed by atoms with Gasteiger partial charge >= 0.3 is 0 Å². The molecule has 0 unspecified atom stereocenters. The first-order chi connectivity index (χ1) is 16.1. The number of fused-ring (bicyclic) bond motifs is 3. The van der Waals surface area contributed by atoms with Crippen molar-refractivity contribution in [1.29, 1.82) is 0 Å². The van der Waals surface area contributed by atoms with Crippen molar-refractivity contribution < 1.29 is 0 Å². The van der Waals surface area contributed by atoms with Gasteiger partial charge in [-0.3, -0.25) is 0 Å². The molecule has 2 heterocycles. The normalized spacial score (nSPS) is 13.4. The van der Waals surface area contributed by atoms with Crippen molar-refractivity contribution in [3.8, 4) is 45.2 Å². The summed E-state index contributed by atoms with van der Waals surface area (Å²) in [5, 5.41) is 0. The van der Waals surface area contributed by atoms with Gasteiger partial charge in [-0.15, -0.1) is 0 Å². The lowest BCUT2D eigenvalue weighted by molar-refractivity contribution is 0.614. The van der Waals surface area contributed by atoms with Gasteiger partial charge in [-0.25, -0.2) is 19.9 Å². The molecular formula is C29H22N4. The molecule has 0 amide bonds. The Labute approximate surface area is 193 Å². The first-order valence-corrected chi connectivity index (χ1v) is 11.1. The van der Waals surface area contributed by atoms with Gasteiger partial charge in [-0.2, -0.15) is 0 Å². The monoisotopic (exact) mass is 426 g/mol. The van der Waals surface area contributed by atoms with Gasteiger partial charge in [0, 0.05) is 28.5 Å². The van der Waals surface area contributed by atoms with Crippen molar-refractivity contribution in [2.75, 3.05) is 0 Å². The van der Waals surface area contributed by atoms with Crippen LogP contribution in [-0.2, 0) is 5.41 Å². The van der Waals surface area contributed by atoms with Gasteiger partial charge in [0.1, 0.15) is 0 Å². The number of nitrogens with zero attached hydrogens (tertiary/aromatic N) is 4. The van der Waals surface area contributed by atoms with Gasteiger partial charge < -0.3 is 0 Å². The summed E-state index contributed by atoms with van der Waals surface area (Å²) in [6.07, 6.45) is 1.91. The molecule has 0 bridgehead atoms. The van der Waals surface area contributed by atoms with E-state index in [2.05, 4.69) is 43.1 Å². The highest BCUT2D eigenvalue weighted by molar-refractivity contribution is 5.84. The highest BCUT2D eigenvalue weighted by Gasteiger charge is 2.41. The second kappa shape index (κ2) is 7.45. The molecule has 0 radical (unpaired) electrons. The van der Waals surface area contributed by atoms with Crippen LogP contribution in [0.3, 0.4) is 0 Å². The fourth-order valence-electron chi connectivity index (χ4n) is 4.52. The maximum absolute atomic E-state index is 5.24. The standard InChI is InChI=1S/C29H22N4/c1-29(2)26-22(18-30-28(33-26)21-16-10-5-11-17-21)25-27(29)32-24(20-14-8-4-9-15-20)23(31-25)19-12-6-3-7-13-19/h3-18H,1-2H3. The predicted octanol–water partition coefficient (Wildman–Crippen LogP) is 6.57. The first kappa shape index (κ1) is 19.5. The van der Waals surface area contributed by atoms with Crippen LogP contribution in [0.2, 0.25) is 0 Å². The zero-order valence-corrected chi connectivity index (χ0v) is 18.5. The molecule has 0 aliphatic heterocycles. The number of benzene rings is 3. The van der Waals surface area contributed by atoms with Crippen molar-refractivity contribution in [2.45, 2.75) is 19.3 Å². The summed E-state index contributed by atoms with van der Waals surface area (Å²) in [6.45, 7) is 4.34. The van der Waals surface area contributed by atoms with Crippen LogP contribution in [0.5, 0.6) is 0 Å². The molecule has 4 heteroatoms. The molecular weight excluding hydrogens is 404 g/mol. The molecule has 0 saturated carbocycles. The highest BCUT2D eigenvalue weighted by atomic mass is 15.0. The van der Waals surface area contributed by atoms with Crippen LogP contribution in [0.4, 0.5) is 0 Å². The molecule has 2 aromatic heterocycles. The summed E-state index contributed by atoms with van der Waals surface area (Å²) < 4.78 is 0. The SMILES string of the molecule is CC1(C)c2nc(-c3ccccc3)ncc2-c2nc(-c3ccccc3)c(-c3ccccc3)nc21. The summed E-state index contributed by atoms with van der Waals surface area (Å²) in [5.41, 5.74) is 8.20. The maximum Gasteiger partial charge on any atom is 0.159 e. The minimum absolute atomic E-state index is 0.386. The van der Waals surface area contributed by atoms with E-state index in [0.29, 0.717) is 0 Å². The predicted molar refractivity (Wildman–Crippen MR) is 131 cm³/mol. The van der Waals surface area contributed by atoms with Crippen molar-refractivity contribution in [3.05, 3.63) is 109 Å². The highest BCUT2D eigenvalue weighted by Crippen LogP contribution is 2.48. The molecule has 4 nitrogen and oxygen atoms in total. The van der Waals surface area contributed by atoms with E-state index in [1.807, 2.05) is 72.9 Å². The summed E-state index contributed by atoms with van der Waals surface area (Å²) in [7, 11) is 0. The van der Waals surface area contributed by atoms with Crippen LogP contribution in [-0.4, -0.2) is 19.9 Å². The van der Waals surface area contributed by atoms with Gasteiger partial charge in [-0.05, 0) is 13.8 Å². The number of aromatic nitrogens is 4. The van der Waals surface area contributed by atoms with Crippen LogP contribution in [0, 0.1) is 0 Å². The van der Waals surface area contributed by atoms with Crippen LogP contribution < -0.4 is 0 Å². The molecule has 5 aromatic rings. The summed E-state index contributed by atoms with van der Waals surface area (Å²) in [6, 6.07) is 30.6. The van der Waals surface area contributed by atoms with E-state index < -0.39 is 0 Å². The lowest BCUT2D eigenvalue weighted by atomic mass is 9.89. The smallest absolute Gasteiger partial charge is 0.159 e. The quantitative estimate of drug-likeness (QED) is 0.327. The molecule has 0 spiro atoms. The fourth-order valence-corrected chi connectivity index (χ4v) is 4.52. The van der Waals surface area contributed by atoms with Gasteiger partial charge in [0.05, 0.1) is 33.9 Å². The van der Waals surface area contributed by atoms with Crippen molar-refractivity contribution >= 4 is 0 Å². The van der Waals surface area contributed by atoms with Gasteiger partial charge in [-0.1, -0.05) is 91.0 Å². The van der Waals surface area contributed by atoms with Crippen molar-refractivity contribution in [3.63, 3.8) is 0 Å². The molecule has 0 saturated heterocycles. The lowest BCUT2D eigenvalue weighted by Crippen LogP contribution is -2.19. The molecule has 3 aromatic carbocycles. The molecule has 6 rings (SSSR count). The average molecular weight is 427 g/mol. The topological polar surface area (TPSA) is 51.6 Å². The third-order valence-corrected chi connectivity index (χ3v) is 6.25. The largest absolute Gasteiger partial charge is 0.247 e. The Kier molecular flexibility index (Phi) is 4.40. The van der Waals surface area contributed by atoms with E-state index in [1.54, 1.807) is 0 Å². The molecule has 0 N–H and O–H groups in total. The van der Waals surface area contributed by atoms with Crippen LogP contribution in [0.1, 0.15) is 25.2 Å².